The summed E-state index contributed by atoms with van der Waals surface area (Å²) < 4.78 is 29.9. The van der Waals surface area contributed by atoms with Crippen molar-refractivity contribution in [1.29, 1.82) is 0 Å². The summed E-state index contributed by atoms with van der Waals surface area (Å²) in [6.07, 6.45) is -0.643. The molecule has 0 saturated heterocycles. The van der Waals surface area contributed by atoms with Crippen molar-refractivity contribution in [1.82, 2.24) is 15.0 Å². The quantitative estimate of drug-likeness (QED) is 0.707. The van der Waals surface area contributed by atoms with Gasteiger partial charge in [0.1, 0.15) is 6.61 Å². The van der Waals surface area contributed by atoms with Crippen LogP contribution < -0.4 is 0 Å². The van der Waals surface area contributed by atoms with Gasteiger partial charge in [-0.25, -0.2) is 13.5 Å². The highest BCUT2D eigenvalue weighted by molar-refractivity contribution is 4.98. The van der Waals surface area contributed by atoms with E-state index in [1.807, 2.05) is 6.92 Å². The summed E-state index contributed by atoms with van der Waals surface area (Å²) in [6.45, 7) is 2.15. The van der Waals surface area contributed by atoms with Crippen molar-refractivity contribution in [3.8, 4) is 0 Å². The summed E-state index contributed by atoms with van der Waals surface area (Å²) in [7, 11) is 0. The van der Waals surface area contributed by atoms with Gasteiger partial charge in [-0.3, -0.25) is 0 Å². The lowest BCUT2D eigenvalue weighted by Crippen LogP contribution is -2.12. The van der Waals surface area contributed by atoms with Gasteiger partial charge in [-0.1, -0.05) is 12.1 Å². The number of alkyl halides is 2. The molecule has 1 atom stereocenters. The number of aromatic nitrogens is 3. The van der Waals surface area contributed by atoms with Gasteiger partial charge in [0.15, 0.2) is 0 Å². The Morgan fingerprint density at radius 2 is 2.29 bits per heavy atom. The maximum atomic E-state index is 11.8. The highest BCUT2D eigenvalue weighted by Crippen LogP contribution is 2.15. The van der Waals surface area contributed by atoms with Crippen LogP contribution in [-0.2, 0) is 11.3 Å². The lowest BCUT2D eigenvalue weighted by Gasteiger charge is -2.11. The lowest BCUT2D eigenvalue weighted by molar-refractivity contribution is 0.00393. The second-order valence-electron chi connectivity index (χ2n) is 3.65. The lowest BCUT2D eigenvalue weighted by atomic mass is 10.2. The third-order valence-corrected chi connectivity index (χ3v) is 2.20. The van der Waals surface area contributed by atoms with Gasteiger partial charge in [0.2, 0.25) is 0 Å². The van der Waals surface area contributed by atoms with E-state index in [0.29, 0.717) is 12.2 Å². The zero-order chi connectivity index (χ0) is 12.7. The molecule has 0 aliphatic heterocycles. The molecular formula is C10H17F2N3O2. The molecule has 98 valence electrons. The number of ether oxygens (including phenoxy) is 1. The molecule has 17 heavy (non-hydrogen) atoms. The number of aryl methyl sites for hydroxylation is 1. The molecule has 0 radical (unpaired) electrons. The zero-order valence-electron chi connectivity index (χ0n) is 9.72. The van der Waals surface area contributed by atoms with Crippen molar-refractivity contribution < 1.29 is 18.6 Å². The minimum Gasteiger partial charge on any atom is -0.387 e. The van der Waals surface area contributed by atoms with E-state index in [-0.39, 0.29) is 13.0 Å². The third-order valence-electron chi connectivity index (χ3n) is 2.20. The van der Waals surface area contributed by atoms with E-state index in [4.69, 9.17) is 4.74 Å². The van der Waals surface area contributed by atoms with Gasteiger partial charge in [0, 0.05) is 19.6 Å². The van der Waals surface area contributed by atoms with Crippen LogP contribution in [0.5, 0.6) is 0 Å². The maximum Gasteiger partial charge on any atom is 0.261 e. The third kappa shape index (κ3) is 4.74. The molecule has 0 aliphatic rings. The molecule has 0 fully saturated rings. The van der Waals surface area contributed by atoms with Gasteiger partial charge in [0.05, 0.1) is 18.0 Å². The Labute approximate surface area is 98.4 Å². The average molecular weight is 249 g/mol. The number of halogens is 2. The first kappa shape index (κ1) is 14.0. The van der Waals surface area contributed by atoms with Crippen LogP contribution in [0.3, 0.4) is 0 Å². The summed E-state index contributed by atoms with van der Waals surface area (Å²) in [4.78, 5) is 0. The van der Waals surface area contributed by atoms with Crippen molar-refractivity contribution in [2.75, 3.05) is 13.2 Å². The predicted molar refractivity (Wildman–Crippen MR) is 56.7 cm³/mol. The van der Waals surface area contributed by atoms with Gasteiger partial charge in [-0.15, -0.1) is 5.10 Å². The van der Waals surface area contributed by atoms with Crippen LogP contribution in [0.1, 0.15) is 31.6 Å². The molecule has 0 aromatic carbocycles. The molecule has 1 aromatic heterocycles. The van der Waals surface area contributed by atoms with Crippen LogP contribution in [0.4, 0.5) is 8.78 Å². The molecule has 0 bridgehead atoms. The van der Waals surface area contributed by atoms with Gasteiger partial charge >= 0.3 is 0 Å². The van der Waals surface area contributed by atoms with Gasteiger partial charge < -0.3 is 9.84 Å². The number of hydrogen-bond donors (Lipinski definition) is 1. The normalized spacial score (nSPS) is 13.2. The van der Waals surface area contributed by atoms with Crippen LogP contribution in [0.2, 0.25) is 0 Å². The van der Waals surface area contributed by atoms with E-state index in [1.165, 1.54) is 6.20 Å². The molecule has 1 aromatic rings. The Hall–Kier alpha value is -1.08. The van der Waals surface area contributed by atoms with Crippen molar-refractivity contribution >= 4 is 0 Å². The first-order valence-corrected chi connectivity index (χ1v) is 5.57. The Morgan fingerprint density at radius 3 is 2.94 bits per heavy atom. The minimum absolute atomic E-state index is 0.0861. The fraction of sp³-hybridized carbons (Fsp3) is 0.800. The zero-order valence-corrected chi connectivity index (χ0v) is 9.72. The molecule has 1 unspecified atom stereocenters. The van der Waals surface area contributed by atoms with Crippen LogP contribution >= 0.6 is 0 Å². The predicted octanol–water partition coefficient (Wildman–Crippen LogP) is 1.39. The van der Waals surface area contributed by atoms with Crippen LogP contribution in [0, 0.1) is 0 Å². The van der Waals surface area contributed by atoms with E-state index in [1.54, 1.807) is 4.68 Å². The molecule has 5 nitrogen and oxygen atoms in total. The second-order valence-corrected chi connectivity index (χ2v) is 3.65. The first-order chi connectivity index (χ1) is 8.15. The molecule has 0 aliphatic carbocycles. The summed E-state index contributed by atoms with van der Waals surface area (Å²) in [5.74, 6) is 0. The fourth-order valence-corrected chi connectivity index (χ4v) is 1.42. The topological polar surface area (TPSA) is 60.2 Å². The van der Waals surface area contributed by atoms with E-state index in [2.05, 4.69) is 10.3 Å². The average Bonchev–Trinajstić information content (AvgIpc) is 2.72. The number of aliphatic hydroxyl groups excluding tert-OH is 1. The highest BCUT2D eigenvalue weighted by Gasteiger charge is 2.14. The van der Waals surface area contributed by atoms with E-state index in [9.17, 15) is 13.9 Å². The van der Waals surface area contributed by atoms with Gasteiger partial charge in [-0.05, 0) is 6.42 Å². The molecule has 0 amide bonds. The van der Waals surface area contributed by atoms with E-state index in [0.717, 1.165) is 6.42 Å². The van der Waals surface area contributed by atoms with E-state index < -0.39 is 19.1 Å². The summed E-state index contributed by atoms with van der Waals surface area (Å²) in [5, 5.41) is 17.4. The van der Waals surface area contributed by atoms with Crippen molar-refractivity contribution in [3.63, 3.8) is 0 Å². The molecule has 1 rings (SSSR count). The fourth-order valence-electron chi connectivity index (χ4n) is 1.42. The molecule has 1 heterocycles. The summed E-state index contributed by atoms with van der Waals surface area (Å²) in [5.41, 5.74) is 0.590. The smallest absolute Gasteiger partial charge is 0.261 e. The van der Waals surface area contributed by atoms with Crippen molar-refractivity contribution in [2.45, 2.75) is 38.8 Å². The molecule has 0 spiro atoms. The molecule has 1 N–H and O–H groups in total. The SMILES string of the molecule is CCCn1nncc1C(O)CCOCC(F)F. The van der Waals surface area contributed by atoms with Crippen LogP contribution in [0.25, 0.3) is 0 Å². The largest absolute Gasteiger partial charge is 0.387 e. The summed E-state index contributed by atoms with van der Waals surface area (Å²) >= 11 is 0. The molecule has 0 saturated carbocycles. The van der Waals surface area contributed by atoms with E-state index >= 15 is 0 Å². The summed E-state index contributed by atoms with van der Waals surface area (Å²) in [6, 6.07) is 0. The standard InChI is InChI=1S/C10H17F2N3O2/c1-2-4-15-8(6-13-14-15)9(16)3-5-17-7-10(11)12/h6,9-10,16H,2-5,7H2,1H3. The number of aliphatic hydroxyl groups is 1. The Bertz CT molecular complexity index is 320. The molecular weight excluding hydrogens is 232 g/mol. The Kier molecular flexibility index (Phi) is 5.99. The van der Waals surface area contributed by atoms with Crippen LogP contribution in [-0.4, -0.2) is 39.7 Å². The van der Waals surface area contributed by atoms with Crippen molar-refractivity contribution in [3.05, 3.63) is 11.9 Å². The monoisotopic (exact) mass is 249 g/mol. The Morgan fingerprint density at radius 1 is 1.53 bits per heavy atom. The second kappa shape index (κ2) is 7.29. The van der Waals surface area contributed by atoms with Crippen LogP contribution in [0.15, 0.2) is 6.20 Å². The van der Waals surface area contributed by atoms with Crippen molar-refractivity contribution in [2.24, 2.45) is 0 Å². The minimum atomic E-state index is -2.47. The number of hydrogen-bond acceptors (Lipinski definition) is 4. The highest BCUT2D eigenvalue weighted by atomic mass is 19.3. The van der Waals surface area contributed by atoms with Gasteiger partial charge in [0.25, 0.3) is 6.43 Å². The Balaban J connectivity index is 2.35. The number of nitrogens with zero attached hydrogens (tertiary/aromatic N) is 3. The first-order valence-electron chi connectivity index (χ1n) is 5.57. The number of rotatable bonds is 8. The van der Waals surface area contributed by atoms with Gasteiger partial charge in [-0.2, -0.15) is 0 Å². The molecule has 7 heteroatoms. The maximum absolute atomic E-state index is 11.8.